The van der Waals surface area contributed by atoms with Crippen molar-refractivity contribution < 1.29 is 19.0 Å². The Labute approximate surface area is 123 Å². The second-order valence-electron chi connectivity index (χ2n) is 4.77. The van der Waals surface area contributed by atoms with E-state index in [0.717, 1.165) is 25.9 Å². The number of benzene rings is 1. The summed E-state index contributed by atoms with van der Waals surface area (Å²) < 4.78 is 15.4. The first-order valence-electron chi connectivity index (χ1n) is 6.86. The lowest BCUT2D eigenvalue weighted by molar-refractivity contribution is 0.0227. The lowest BCUT2D eigenvalue weighted by Gasteiger charge is -2.18. The molecule has 6 heteroatoms. The van der Waals surface area contributed by atoms with Gasteiger partial charge in [0.1, 0.15) is 12.0 Å². The first kappa shape index (κ1) is 15.3. The number of aliphatic imine (C=N–C) groups is 1. The van der Waals surface area contributed by atoms with Gasteiger partial charge in [-0.3, -0.25) is 4.99 Å². The van der Waals surface area contributed by atoms with Crippen molar-refractivity contribution in [3.63, 3.8) is 0 Å². The summed E-state index contributed by atoms with van der Waals surface area (Å²) in [5.74, 6) is -0.0271. The molecule has 0 amide bonds. The molecule has 1 heterocycles. The van der Waals surface area contributed by atoms with E-state index in [9.17, 15) is 4.79 Å². The molecule has 1 fully saturated rings. The molecule has 6 nitrogen and oxygen atoms in total. The van der Waals surface area contributed by atoms with Crippen LogP contribution in [0.4, 0.5) is 5.69 Å². The van der Waals surface area contributed by atoms with Crippen molar-refractivity contribution in [3.8, 4) is 5.75 Å². The molecule has 1 aliphatic heterocycles. The Bertz CT molecular complexity index is 537. The van der Waals surface area contributed by atoms with Gasteiger partial charge in [0, 0.05) is 18.4 Å². The number of nitrogen functional groups attached to an aromatic ring is 1. The van der Waals surface area contributed by atoms with Gasteiger partial charge in [-0.2, -0.15) is 0 Å². The lowest BCUT2D eigenvalue weighted by atomic mass is 10.1. The van der Waals surface area contributed by atoms with Crippen molar-refractivity contribution in [1.29, 1.82) is 0 Å². The molecule has 1 aromatic rings. The molecule has 2 rings (SSSR count). The largest absolute Gasteiger partial charge is 0.495 e. The molecule has 21 heavy (non-hydrogen) atoms. The number of carbonyl (C=O) groups is 1. The number of anilines is 1. The fraction of sp³-hybridized carbons (Fsp3) is 0.467. The molecule has 114 valence electrons. The van der Waals surface area contributed by atoms with Crippen LogP contribution in [0.15, 0.2) is 17.1 Å². The van der Waals surface area contributed by atoms with Crippen LogP contribution in [-0.4, -0.2) is 39.2 Å². The molecular formula is C15H20N2O4. The molecule has 0 aliphatic carbocycles. The Morgan fingerprint density at radius 1 is 1.43 bits per heavy atom. The molecule has 0 radical (unpaired) electrons. The summed E-state index contributed by atoms with van der Waals surface area (Å²) >= 11 is 0. The smallest absolute Gasteiger partial charge is 0.338 e. The van der Waals surface area contributed by atoms with Gasteiger partial charge in [0.2, 0.25) is 0 Å². The van der Waals surface area contributed by atoms with E-state index >= 15 is 0 Å². The zero-order chi connectivity index (χ0) is 15.2. The van der Waals surface area contributed by atoms with Crippen LogP contribution in [0.5, 0.6) is 5.75 Å². The Hall–Kier alpha value is -2.08. The Morgan fingerprint density at radius 2 is 2.24 bits per heavy atom. The molecule has 0 bridgehead atoms. The Kier molecular flexibility index (Phi) is 5.16. The van der Waals surface area contributed by atoms with Crippen molar-refractivity contribution in [1.82, 2.24) is 0 Å². The molecule has 1 unspecified atom stereocenters. The number of carbonyl (C=O) groups excluding carboxylic acids is 1. The monoisotopic (exact) mass is 292 g/mol. The summed E-state index contributed by atoms with van der Waals surface area (Å²) in [5.41, 5.74) is 7.43. The maximum Gasteiger partial charge on any atom is 0.338 e. The third-order valence-electron chi connectivity index (χ3n) is 3.35. The zero-order valence-corrected chi connectivity index (χ0v) is 12.3. The SMILES string of the molecule is COC(=O)c1cc(C=NC2CCCCO2)c(N)c(OC)c1. The van der Waals surface area contributed by atoms with Gasteiger partial charge < -0.3 is 19.9 Å². The topological polar surface area (TPSA) is 83.1 Å². The number of rotatable bonds is 4. The third-order valence-corrected chi connectivity index (χ3v) is 3.35. The minimum Gasteiger partial charge on any atom is -0.495 e. The van der Waals surface area contributed by atoms with E-state index in [4.69, 9.17) is 19.9 Å². The van der Waals surface area contributed by atoms with Crippen molar-refractivity contribution >= 4 is 17.9 Å². The van der Waals surface area contributed by atoms with Crippen LogP contribution in [0, 0.1) is 0 Å². The standard InChI is InChI=1S/C15H20N2O4/c1-19-12-8-10(15(18)20-2)7-11(14(12)16)9-17-13-5-3-4-6-21-13/h7-9,13H,3-6,16H2,1-2H3. The lowest BCUT2D eigenvalue weighted by Crippen LogP contribution is -2.17. The highest BCUT2D eigenvalue weighted by atomic mass is 16.5. The highest BCUT2D eigenvalue weighted by Crippen LogP contribution is 2.27. The molecule has 1 saturated heterocycles. The van der Waals surface area contributed by atoms with Crippen molar-refractivity contribution in [3.05, 3.63) is 23.3 Å². The number of hydrogen-bond donors (Lipinski definition) is 1. The van der Waals surface area contributed by atoms with Gasteiger partial charge in [0.05, 0.1) is 25.5 Å². The highest BCUT2D eigenvalue weighted by molar-refractivity contribution is 5.97. The summed E-state index contributed by atoms with van der Waals surface area (Å²) in [5, 5.41) is 0. The van der Waals surface area contributed by atoms with Crippen molar-refractivity contribution in [2.45, 2.75) is 25.5 Å². The fourth-order valence-electron chi connectivity index (χ4n) is 2.16. The minimum absolute atomic E-state index is 0.147. The minimum atomic E-state index is -0.447. The van der Waals surface area contributed by atoms with Crippen molar-refractivity contribution in [2.75, 3.05) is 26.6 Å². The maximum absolute atomic E-state index is 11.7. The van der Waals surface area contributed by atoms with E-state index in [1.807, 2.05) is 0 Å². The number of methoxy groups -OCH3 is 2. The summed E-state index contributed by atoms with van der Waals surface area (Å²) in [6.45, 7) is 0.725. The van der Waals surface area contributed by atoms with Crippen LogP contribution in [0.1, 0.15) is 35.2 Å². The quantitative estimate of drug-likeness (QED) is 0.521. The predicted octanol–water partition coefficient (Wildman–Crippen LogP) is 2.01. The van der Waals surface area contributed by atoms with E-state index < -0.39 is 5.97 Å². The normalized spacial score (nSPS) is 18.7. The number of esters is 1. The van der Waals surface area contributed by atoms with E-state index in [0.29, 0.717) is 22.6 Å². The van der Waals surface area contributed by atoms with Gasteiger partial charge in [0.15, 0.2) is 0 Å². The van der Waals surface area contributed by atoms with E-state index in [2.05, 4.69) is 4.99 Å². The van der Waals surface area contributed by atoms with Gasteiger partial charge >= 0.3 is 5.97 Å². The van der Waals surface area contributed by atoms with Crippen molar-refractivity contribution in [2.24, 2.45) is 4.99 Å². The van der Waals surface area contributed by atoms with Crippen LogP contribution in [0.25, 0.3) is 0 Å². The predicted molar refractivity (Wildman–Crippen MR) is 79.9 cm³/mol. The maximum atomic E-state index is 11.7. The van der Waals surface area contributed by atoms with Gasteiger partial charge in [-0.1, -0.05) is 0 Å². The highest BCUT2D eigenvalue weighted by Gasteiger charge is 2.15. The molecule has 0 aromatic heterocycles. The second-order valence-corrected chi connectivity index (χ2v) is 4.77. The Morgan fingerprint density at radius 3 is 2.86 bits per heavy atom. The van der Waals surface area contributed by atoms with E-state index in [1.165, 1.54) is 14.2 Å². The Balaban J connectivity index is 2.27. The summed E-state index contributed by atoms with van der Waals surface area (Å²) in [6, 6.07) is 3.19. The number of nitrogens with two attached hydrogens (primary N) is 1. The first-order chi connectivity index (χ1) is 10.2. The second kappa shape index (κ2) is 7.08. The molecule has 0 saturated carbocycles. The first-order valence-corrected chi connectivity index (χ1v) is 6.86. The summed E-state index contributed by atoms with van der Waals surface area (Å²) in [4.78, 5) is 16.0. The summed E-state index contributed by atoms with van der Waals surface area (Å²) in [7, 11) is 2.83. The average molecular weight is 292 g/mol. The number of hydrogen-bond acceptors (Lipinski definition) is 6. The van der Waals surface area contributed by atoms with Gasteiger partial charge in [-0.05, 0) is 31.4 Å². The van der Waals surface area contributed by atoms with Crippen LogP contribution in [0.2, 0.25) is 0 Å². The average Bonchev–Trinajstić information content (AvgIpc) is 2.54. The van der Waals surface area contributed by atoms with Crippen LogP contribution in [0.3, 0.4) is 0 Å². The molecule has 2 N–H and O–H groups in total. The fourth-order valence-corrected chi connectivity index (χ4v) is 2.16. The molecule has 1 aliphatic rings. The number of ether oxygens (including phenoxy) is 3. The van der Waals surface area contributed by atoms with E-state index in [1.54, 1.807) is 18.3 Å². The van der Waals surface area contributed by atoms with Crippen LogP contribution < -0.4 is 10.5 Å². The summed E-state index contributed by atoms with van der Waals surface area (Å²) in [6.07, 6.45) is 4.54. The molecular weight excluding hydrogens is 272 g/mol. The van der Waals surface area contributed by atoms with Gasteiger partial charge in [-0.25, -0.2) is 4.79 Å². The van der Waals surface area contributed by atoms with Crippen LogP contribution >= 0.6 is 0 Å². The zero-order valence-electron chi connectivity index (χ0n) is 12.3. The molecule has 0 spiro atoms. The van der Waals surface area contributed by atoms with E-state index in [-0.39, 0.29) is 6.23 Å². The number of nitrogens with zero attached hydrogens (tertiary/aromatic N) is 1. The van der Waals surface area contributed by atoms with Gasteiger partial charge in [0.25, 0.3) is 0 Å². The third kappa shape index (κ3) is 3.72. The molecule has 1 atom stereocenters. The van der Waals surface area contributed by atoms with Crippen LogP contribution in [-0.2, 0) is 9.47 Å². The molecule has 1 aromatic carbocycles. The van der Waals surface area contributed by atoms with Gasteiger partial charge in [-0.15, -0.1) is 0 Å².